The van der Waals surface area contributed by atoms with Gasteiger partial charge in [-0.05, 0) is 49.4 Å². The SMILES string of the molecule is CCOC(=O)CN(c1ccc(Cl)c(Cl)c1)S(=O)(=O)c1ccc(OC)cc1. The molecule has 0 amide bonds. The second kappa shape index (κ2) is 8.62. The lowest BCUT2D eigenvalue weighted by Crippen LogP contribution is -2.36. The van der Waals surface area contributed by atoms with Crippen LogP contribution in [0.25, 0.3) is 0 Å². The van der Waals surface area contributed by atoms with Crippen LogP contribution in [0, 0.1) is 0 Å². The Morgan fingerprint density at radius 3 is 2.27 bits per heavy atom. The zero-order valence-corrected chi connectivity index (χ0v) is 16.4. The third kappa shape index (κ3) is 4.60. The van der Waals surface area contributed by atoms with E-state index in [0.29, 0.717) is 5.75 Å². The molecular formula is C17H17Cl2NO5S. The molecule has 0 radical (unpaired) electrons. The van der Waals surface area contributed by atoms with E-state index in [4.69, 9.17) is 32.7 Å². The van der Waals surface area contributed by atoms with Crippen LogP contribution >= 0.6 is 23.2 Å². The molecule has 0 heterocycles. The minimum Gasteiger partial charge on any atom is -0.497 e. The smallest absolute Gasteiger partial charge is 0.326 e. The summed E-state index contributed by atoms with van der Waals surface area (Å²) in [6.45, 7) is 1.27. The zero-order chi connectivity index (χ0) is 19.3. The quantitative estimate of drug-likeness (QED) is 0.641. The number of carbonyl (C=O) groups excluding carboxylic acids is 1. The van der Waals surface area contributed by atoms with Gasteiger partial charge in [0, 0.05) is 0 Å². The second-order valence-corrected chi connectivity index (χ2v) is 7.77. The monoisotopic (exact) mass is 417 g/mol. The highest BCUT2D eigenvalue weighted by molar-refractivity contribution is 7.92. The summed E-state index contributed by atoms with van der Waals surface area (Å²) >= 11 is 11.9. The number of sulfonamides is 1. The minimum absolute atomic E-state index is 0.00586. The average Bonchev–Trinajstić information content (AvgIpc) is 2.62. The number of esters is 1. The van der Waals surface area contributed by atoms with Gasteiger partial charge in [-0.15, -0.1) is 0 Å². The Balaban J connectivity index is 2.49. The lowest BCUT2D eigenvalue weighted by molar-refractivity contribution is -0.141. The molecule has 0 aliphatic carbocycles. The highest BCUT2D eigenvalue weighted by atomic mass is 35.5. The number of carbonyl (C=O) groups is 1. The van der Waals surface area contributed by atoms with Crippen LogP contribution in [-0.2, 0) is 19.6 Å². The molecule has 0 saturated carbocycles. The molecule has 0 saturated heterocycles. The first-order chi connectivity index (χ1) is 12.3. The number of benzene rings is 2. The van der Waals surface area contributed by atoms with Crippen molar-refractivity contribution in [1.82, 2.24) is 0 Å². The predicted octanol–water partition coefficient (Wildman–Crippen LogP) is 3.76. The van der Waals surface area contributed by atoms with Crippen molar-refractivity contribution in [1.29, 1.82) is 0 Å². The molecule has 0 unspecified atom stereocenters. The van der Waals surface area contributed by atoms with Crippen molar-refractivity contribution >= 4 is 44.9 Å². The molecule has 2 rings (SSSR count). The summed E-state index contributed by atoms with van der Waals surface area (Å²) in [6.07, 6.45) is 0. The normalized spacial score (nSPS) is 11.1. The average molecular weight is 418 g/mol. The maximum Gasteiger partial charge on any atom is 0.326 e. The molecule has 0 aliphatic heterocycles. The number of nitrogens with zero attached hydrogens (tertiary/aromatic N) is 1. The van der Waals surface area contributed by atoms with E-state index in [1.54, 1.807) is 6.92 Å². The second-order valence-electron chi connectivity index (χ2n) is 5.09. The molecule has 26 heavy (non-hydrogen) atoms. The first-order valence-electron chi connectivity index (χ1n) is 7.57. The molecule has 0 aliphatic rings. The molecular weight excluding hydrogens is 401 g/mol. The number of anilines is 1. The molecule has 0 spiro atoms. The number of hydrogen-bond acceptors (Lipinski definition) is 5. The molecule has 0 bridgehead atoms. The van der Waals surface area contributed by atoms with Gasteiger partial charge in [0.05, 0.1) is 34.3 Å². The largest absolute Gasteiger partial charge is 0.497 e. The van der Waals surface area contributed by atoms with Gasteiger partial charge < -0.3 is 9.47 Å². The Labute approximate surface area is 162 Å². The topological polar surface area (TPSA) is 72.9 Å². The van der Waals surface area contributed by atoms with Crippen LogP contribution in [0.3, 0.4) is 0 Å². The van der Waals surface area contributed by atoms with Gasteiger partial charge in [0.1, 0.15) is 12.3 Å². The molecule has 2 aromatic rings. The number of methoxy groups -OCH3 is 1. The van der Waals surface area contributed by atoms with Crippen LogP contribution in [0.5, 0.6) is 5.75 Å². The summed E-state index contributed by atoms with van der Waals surface area (Å²) in [4.78, 5) is 11.9. The van der Waals surface area contributed by atoms with Gasteiger partial charge in [0.15, 0.2) is 0 Å². The van der Waals surface area contributed by atoms with Crippen molar-refractivity contribution in [2.24, 2.45) is 0 Å². The van der Waals surface area contributed by atoms with Crippen LogP contribution < -0.4 is 9.04 Å². The number of rotatable bonds is 7. The standard InChI is InChI=1S/C17H17Cl2NO5S/c1-3-25-17(21)11-20(12-4-9-15(18)16(19)10-12)26(22,23)14-7-5-13(24-2)6-8-14/h4-10H,3,11H2,1-2H3. The molecule has 0 fully saturated rings. The van der Waals surface area contributed by atoms with E-state index in [2.05, 4.69) is 0 Å². The van der Waals surface area contributed by atoms with Crippen LogP contribution in [0.1, 0.15) is 6.92 Å². The molecule has 2 aromatic carbocycles. The van der Waals surface area contributed by atoms with Gasteiger partial charge in [-0.1, -0.05) is 23.2 Å². The van der Waals surface area contributed by atoms with E-state index in [9.17, 15) is 13.2 Å². The lowest BCUT2D eigenvalue weighted by atomic mass is 10.3. The van der Waals surface area contributed by atoms with E-state index < -0.39 is 22.5 Å². The highest BCUT2D eigenvalue weighted by Gasteiger charge is 2.28. The Hall–Kier alpha value is -1.96. The number of halogens is 2. The van der Waals surface area contributed by atoms with Crippen molar-refractivity contribution in [3.8, 4) is 5.75 Å². The van der Waals surface area contributed by atoms with Crippen LogP contribution in [0.15, 0.2) is 47.4 Å². The summed E-state index contributed by atoms with van der Waals surface area (Å²) in [5.74, 6) is -0.175. The molecule has 9 heteroatoms. The molecule has 0 atom stereocenters. The van der Waals surface area contributed by atoms with Gasteiger partial charge in [-0.3, -0.25) is 9.10 Å². The highest BCUT2D eigenvalue weighted by Crippen LogP contribution is 2.31. The molecule has 140 valence electrons. The summed E-state index contributed by atoms with van der Waals surface area (Å²) in [5, 5.41) is 0.441. The first kappa shape index (κ1) is 20.4. The maximum absolute atomic E-state index is 13.1. The van der Waals surface area contributed by atoms with Gasteiger partial charge in [-0.2, -0.15) is 0 Å². The van der Waals surface area contributed by atoms with Crippen molar-refractivity contribution in [3.63, 3.8) is 0 Å². The minimum atomic E-state index is -4.05. The Bertz CT molecular complexity index is 885. The summed E-state index contributed by atoms with van der Waals surface area (Å²) < 4.78 is 37.0. The summed E-state index contributed by atoms with van der Waals surface area (Å²) in [7, 11) is -2.57. The van der Waals surface area contributed by atoms with E-state index in [0.717, 1.165) is 4.31 Å². The van der Waals surface area contributed by atoms with Crippen molar-refractivity contribution in [2.75, 3.05) is 24.6 Å². The van der Waals surface area contributed by atoms with E-state index in [1.165, 1.54) is 49.6 Å². The van der Waals surface area contributed by atoms with Crippen LogP contribution in [0.4, 0.5) is 5.69 Å². The Kier molecular flexibility index (Phi) is 6.75. The summed E-state index contributed by atoms with van der Waals surface area (Å²) in [5.41, 5.74) is 0.197. The lowest BCUT2D eigenvalue weighted by Gasteiger charge is -2.24. The third-order valence-electron chi connectivity index (χ3n) is 3.42. The van der Waals surface area contributed by atoms with E-state index in [1.807, 2.05) is 0 Å². The van der Waals surface area contributed by atoms with E-state index in [-0.39, 0.29) is 27.2 Å². The van der Waals surface area contributed by atoms with E-state index >= 15 is 0 Å². The van der Waals surface area contributed by atoms with Gasteiger partial charge in [0.2, 0.25) is 0 Å². The summed E-state index contributed by atoms with van der Waals surface area (Å²) in [6, 6.07) is 10.1. The number of ether oxygens (including phenoxy) is 2. The molecule has 6 nitrogen and oxygen atoms in total. The molecule has 0 aromatic heterocycles. The fourth-order valence-electron chi connectivity index (χ4n) is 2.15. The maximum atomic E-state index is 13.1. The van der Waals surface area contributed by atoms with Crippen molar-refractivity contribution in [2.45, 2.75) is 11.8 Å². The Morgan fingerprint density at radius 1 is 1.08 bits per heavy atom. The van der Waals surface area contributed by atoms with Crippen molar-refractivity contribution < 1.29 is 22.7 Å². The first-order valence-corrected chi connectivity index (χ1v) is 9.76. The van der Waals surface area contributed by atoms with Gasteiger partial charge in [-0.25, -0.2) is 8.42 Å². The molecule has 0 N–H and O–H groups in total. The van der Waals surface area contributed by atoms with Gasteiger partial charge in [0.25, 0.3) is 10.0 Å². The fraction of sp³-hybridized carbons (Fsp3) is 0.235. The fourth-order valence-corrected chi connectivity index (χ4v) is 3.85. The Morgan fingerprint density at radius 2 is 1.73 bits per heavy atom. The van der Waals surface area contributed by atoms with Crippen LogP contribution in [-0.4, -0.2) is 34.6 Å². The van der Waals surface area contributed by atoms with Gasteiger partial charge >= 0.3 is 5.97 Å². The van der Waals surface area contributed by atoms with Crippen molar-refractivity contribution in [3.05, 3.63) is 52.5 Å². The third-order valence-corrected chi connectivity index (χ3v) is 5.94. The zero-order valence-electron chi connectivity index (χ0n) is 14.1. The predicted molar refractivity (Wildman–Crippen MR) is 101 cm³/mol. The number of hydrogen-bond donors (Lipinski definition) is 0. The van der Waals surface area contributed by atoms with Crippen LogP contribution in [0.2, 0.25) is 10.0 Å².